The maximum absolute atomic E-state index is 11.9. The van der Waals surface area contributed by atoms with E-state index in [4.69, 9.17) is 4.74 Å². The number of amides is 1. The monoisotopic (exact) mass is 340 g/mol. The van der Waals surface area contributed by atoms with Crippen molar-refractivity contribution in [2.45, 2.75) is 26.8 Å². The molecule has 25 heavy (non-hydrogen) atoms. The van der Waals surface area contributed by atoms with Gasteiger partial charge in [0.1, 0.15) is 0 Å². The summed E-state index contributed by atoms with van der Waals surface area (Å²) >= 11 is 0. The number of hydrogen-bond donors (Lipinski definition) is 2. The van der Waals surface area contributed by atoms with Gasteiger partial charge in [0.25, 0.3) is 0 Å². The molecule has 2 rings (SSSR count). The van der Waals surface area contributed by atoms with Crippen LogP contribution in [0.4, 0.5) is 5.69 Å². The molecule has 2 N–H and O–H groups in total. The number of carbonyl (C=O) groups excluding carboxylic acids is 2. The van der Waals surface area contributed by atoms with Crippen molar-refractivity contribution in [1.29, 1.82) is 0 Å². The van der Waals surface area contributed by atoms with Gasteiger partial charge in [-0.2, -0.15) is 0 Å². The second-order valence-electron chi connectivity index (χ2n) is 5.68. The smallest absolute Gasteiger partial charge is 0.338 e. The molecular weight excluding hydrogens is 316 g/mol. The van der Waals surface area contributed by atoms with Gasteiger partial charge in [-0.3, -0.25) is 4.79 Å². The first-order valence-electron chi connectivity index (χ1n) is 8.42. The van der Waals surface area contributed by atoms with E-state index < -0.39 is 0 Å². The summed E-state index contributed by atoms with van der Waals surface area (Å²) in [7, 11) is 0. The Morgan fingerprint density at radius 2 is 1.76 bits per heavy atom. The molecule has 2 aromatic rings. The lowest BCUT2D eigenvalue weighted by atomic mass is 10.1. The zero-order valence-corrected chi connectivity index (χ0v) is 14.7. The fourth-order valence-corrected chi connectivity index (χ4v) is 2.35. The molecule has 0 aliphatic heterocycles. The van der Waals surface area contributed by atoms with Crippen molar-refractivity contribution in [3.8, 4) is 0 Å². The van der Waals surface area contributed by atoms with Crippen LogP contribution in [0, 0.1) is 6.92 Å². The van der Waals surface area contributed by atoms with Crippen molar-refractivity contribution in [2.24, 2.45) is 0 Å². The number of hydrogen-bond acceptors (Lipinski definition) is 4. The van der Waals surface area contributed by atoms with Crippen LogP contribution in [0.1, 0.15) is 34.8 Å². The Labute approximate surface area is 148 Å². The van der Waals surface area contributed by atoms with Gasteiger partial charge in [0.15, 0.2) is 0 Å². The average molecular weight is 340 g/mol. The minimum Gasteiger partial charge on any atom is -0.462 e. The SMILES string of the molecule is CCOC(=O)c1ccc(NCCC(=O)NCc2ccccc2C)cc1. The normalized spacial score (nSPS) is 10.2. The molecule has 0 aromatic heterocycles. The van der Waals surface area contributed by atoms with Crippen LogP contribution in [0.2, 0.25) is 0 Å². The van der Waals surface area contributed by atoms with Gasteiger partial charge >= 0.3 is 5.97 Å². The molecule has 1 amide bonds. The molecule has 0 bridgehead atoms. The van der Waals surface area contributed by atoms with Gasteiger partial charge in [0.2, 0.25) is 5.91 Å². The third-order valence-electron chi connectivity index (χ3n) is 3.81. The standard InChI is InChI=1S/C20H24N2O3/c1-3-25-20(24)16-8-10-18(11-9-16)21-13-12-19(23)22-14-17-7-5-4-6-15(17)2/h4-11,21H,3,12-14H2,1-2H3,(H,22,23). The van der Waals surface area contributed by atoms with E-state index in [0.717, 1.165) is 11.3 Å². The summed E-state index contributed by atoms with van der Waals surface area (Å²) in [6.07, 6.45) is 0.380. The molecule has 0 aliphatic rings. The molecule has 0 aliphatic carbocycles. The Morgan fingerprint density at radius 3 is 2.44 bits per heavy atom. The molecule has 0 saturated heterocycles. The van der Waals surface area contributed by atoms with Crippen LogP contribution in [-0.4, -0.2) is 25.0 Å². The summed E-state index contributed by atoms with van der Waals surface area (Å²) in [4.78, 5) is 23.5. The first-order chi connectivity index (χ1) is 12.1. The summed E-state index contributed by atoms with van der Waals surface area (Å²) in [6.45, 7) is 5.23. The van der Waals surface area contributed by atoms with E-state index in [0.29, 0.717) is 31.7 Å². The number of aryl methyl sites for hydroxylation is 1. The summed E-state index contributed by atoms with van der Waals surface area (Å²) in [5.41, 5.74) is 3.67. The Morgan fingerprint density at radius 1 is 1.04 bits per heavy atom. The van der Waals surface area contributed by atoms with E-state index in [1.54, 1.807) is 31.2 Å². The van der Waals surface area contributed by atoms with E-state index in [9.17, 15) is 9.59 Å². The van der Waals surface area contributed by atoms with Crippen LogP contribution in [0.5, 0.6) is 0 Å². The molecule has 0 saturated carbocycles. The largest absolute Gasteiger partial charge is 0.462 e. The van der Waals surface area contributed by atoms with Crippen molar-refractivity contribution in [1.82, 2.24) is 5.32 Å². The van der Waals surface area contributed by atoms with Crippen molar-refractivity contribution in [3.05, 3.63) is 65.2 Å². The van der Waals surface area contributed by atoms with Crippen molar-refractivity contribution < 1.29 is 14.3 Å². The molecule has 0 radical (unpaired) electrons. The number of esters is 1. The lowest BCUT2D eigenvalue weighted by Crippen LogP contribution is -2.25. The van der Waals surface area contributed by atoms with Gasteiger partial charge in [-0.05, 0) is 49.2 Å². The van der Waals surface area contributed by atoms with Gasteiger partial charge in [0.05, 0.1) is 12.2 Å². The summed E-state index contributed by atoms with van der Waals surface area (Å²) < 4.78 is 4.94. The molecule has 0 atom stereocenters. The number of rotatable bonds is 8. The van der Waals surface area contributed by atoms with Gasteiger partial charge in [-0.15, -0.1) is 0 Å². The quantitative estimate of drug-likeness (QED) is 0.724. The summed E-state index contributed by atoms with van der Waals surface area (Å²) in [6, 6.07) is 15.0. The van der Waals surface area contributed by atoms with Gasteiger partial charge < -0.3 is 15.4 Å². The molecule has 0 heterocycles. The van der Waals surface area contributed by atoms with Crippen LogP contribution < -0.4 is 10.6 Å². The lowest BCUT2D eigenvalue weighted by molar-refractivity contribution is -0.121. The summed E-state index contributed by atoms with van der Waals surface area (Å²) in [5, 5.41) is 6.09. The van der Waals surface area contributed by atoms with Crippen molar-refractivity contribution in [3.63, 3.8) is 0 Å². The second kappa shape index (κ2) is 9.47. The molecule has 2 aromatic carbocycles. The number of carbonyl (C=O) groups is 2. The van der Waals surface area contributed by atoms with E-state index >= 15 is 0 Å². The lowest BCUT2D eigenvalue weighted by Gasteiger charge is -2.09. The molecule has 0 fully saturated rings. The van der Waals surface area contributed by atoms with Gasteiger partial charge in [-0.25, -0.2) is 4.79 Å². The Balaban J connectivity index is 1.72. The third kappa shape index (κ3) is 5.95. The Hall–Kier alpha value is -2.82. The van der Waals surface area contributed by atoms with E-state index in [1.165, 1.54) is 5.56 Å². The first kappa shape index (κ1) is 18.5. The fourth-order valence-electron chi connectivity index (χ4n) is 2.35. The number of benzene rings is 2. The summed E-state index contributed by atoms with van der Waals surface area (Å²) in [5.74, 6) is -0.330. The molecule has 132 valence electrons. The van der Waals surface area contributed by atoms with Crippen LogP contribution in [-0.2, 0) is 16.1 Å². The maximum atomic E-state index is 11.9. The molecule has 5 heteroatoms. The average Bonchev–Trinajstić information content (AvgIpc) is 2.62. The van der Waals surface area contributed by atoms with Gasteiger partial charge in [-0.1, -0.05) is 24.3 Å². The predicted molar refractivity (Wildman–Crippen MR) is 98.5 cm³/mol. The maximum Gasteiger partial charge on any atom is 0.338 e. The zero-order valence-electron chi connectivity index (χ0n) is 14.7. The van der Waals surface area contributed by atoms with Crippen molar-refractivity contribution in [2.75, 3.05) is 18.5 Å². The topological polar surface area (TPSA) is 67.4 Å². The minimum atomic E-state index is -0.329. The highest BCUT2D eigenvalue weighted by molar-refractivity contribution is 5.89. The van der Waals surface area contributed by atoms with Gasteiger partial charge in [0, 0.05) is 25.2 Å². The van der Waals surface area contributed by atoms with Crippen LogP contribution in [0.25, 0.3) is 0 Å². The van der Waals surface area contributed by atoms with E-state index in [2.05, 4.69) is 10.6 Å². The highest BCUT2D eigenvalue weighted by Gasteiger charge is 2.06. The molecule has 0 spiro atoms. The minimum absolute atomic E-state index is 0.00102. The Kier molecular flexibility index (Phi) is 7.01. The third-order valence-corrected chi connectivity index (χ3v) is 3.81. The van der Waals surface area contributed by atoms with E-state index in [1.807, 2.05) is 31.2 Å². The molecule has 5 nitrogen and oxygen atoms in total. The number of ether oxygens (including phenoxy) is 1. The van der Waals surface area contributed by atoms with E-state index in [-0.39, 0.29) is 11.9 Å². The Bertz CT molecular complexity index is 711. The molecule has 0 unspecified atom stereocenters. The fraction of sp³-hybridized carbons (Fsp3) is 0.300. The number of anilines is 1. The van der Waals surface area contributed by atoms with Crippen LogP contribution >= 0.6 is 0 Å². The molecular formula is C20H24N2O3. The zero-order chi connectivity index (χ0) is 18.1. The predicted octanol–water partition coefficient (Wildman–Crippen LogP) is 3.29. The highest BCUT2D eigenvalue weighted by Crippen LogP contribution is 2.11. The number of nitrogens with one attached hydrogen (secondary N) is 2. The first-order valence-corrected chi connectivity index (χ1v) is 8.42. The van der Waals surface area contributed by atoms with Crippen molar-refractivity contribution >= 4 is 17.6 Å². The highest BCUT2D eigenvalue weighted by atomic mass is 16.5. The van der Waals surface area contributed by atoms with Crippen LogP contribution in [0.3, 0.4) is 0 Å². The van der Waals surface area contributed by atoms with Crippen LogP contribution in [0.15, 0.2) is 48.5 Å². The second-order valence-corrected chi connectivity index (χ2v) is 5.68.